The van der Waals surface area contributed by atoms with Crippen molar-refractivity contribution in [1.82, 2.24) is 0 Å². The molecule has 0 atom stereocenters. The average molecular weight is 158 g/mol. The van der Waals surface area contributed by atoms with E-state index in [1.165, 1.54) is 0 Å². The molecule has 0 radical (unpaired) electrons. The molecular weight excluding hydrogens is 148 g/mol. The van der Waals surface area contributed by atoms with Gasteiger partial charge in [-0.15, -0.1) is 0 Å². The molecule has 0 heterocycles. The molecule has 0 saturated carbocycles. The van der Waals surface area contributed by atoms with E-state index in [9.17, 15) is 9.59 Å². The molecule has 0 aliphatic heterocycles. The van der Waals surface area contributed by atoms with Gasteiger partial charge in [0.1, 0.15) is 0 Å². The quantitative estimate of drug-likeness (QED) is 0.439. The summed E-state index contributed by atoms with van der Waals surface area (Å²) in [5.41, 5.74) is -1.67. The van der Waals surface area contributed by atoms with Crippen LogP contribution in [0.15, 0.2) is 0 Å². The van der Waals surface area contributed by atoms with Gasteiger partial charge in [0.15, 0.2) is 5.41 Å². The Kier molecular flexibility index (Phi) is 4.67. The maximum Gasteiger partial charge on any atom is 2.00 e. The molecule has 0 fully saturated rings. The van der Waals surface area contributed by atoms with Gasteiger partial charge >= 0.3 is 35.0 Å². The fourth-order valence-electron chi connectivity index (χ4n) is 0.0915. The molecule has 0 amide bonds. The van der Waals surface area contributed by atoms with E-state index >= 15 is 0 Å². The van der Waals surface area contributed by atoms with Crippen LogP contribution in [0.4, 0.5) is 0 Å². The maximum atomic E-state index is 10.1. The summed E-state index contributed by atoms with van der Waals surface area (Å²) in [7, 11) is 0. The Morgan fingerprint density at radius 3 is 1.40 bits per heavy atom. The van der Waals surface area contributed by atoms with Gasteiger partial charge in [-0.05, 0) is 13.8 Å². The topological polar surface area (TPSA) is 74.6 Å². The predicted octanol–water partition coefficient (Wildman–Crippen LogP) is 0.0260. The molecule has 0 saturated heterocycles. The molecular formula is C5H10MgO4. The zero-order valence-corrected chi connectivity index (χ0v) is 7.33. The zero-order chi connectivity index (χ0) is 7.65. The van der Waals surface area contributed by atoms with Gasteiger partial charge in [-0.2, -0.15) is 0 Å². The molecule has 0 bridgehead atoms. The molecule has 0 aliphatic rings. The molecule has 0 unspecified atom stereocenters. The van der Waals surface area contributed by atoms with E-state index in [2.05, 4.69) is 0 Å². The Labute approximate surface area is 77.4 Å². The summed E-state index contributed by atoms with van der Waals surface area (Å²) < 4.78 is 0. The van der Waals surface area contributed by atoms with Crippen molar-refractivity contribution in [3.8, 4) is 0 Å². The van der Waals surface area contributed by atoms with Gasteiger partial charge in [-0.1, -0.05) is 0 Å². The summed E-state index contributed by atoms with van der Waals surface area (Å²) in [4.78, 5) is 20.2. The Morgan fingerprint density at radius 1 is 1.20 bits per heavy atom. The molecule has 0 aromatic heterocycles. The number of hydrogen-bond donors (Lipinski definition) is 2. The van der Waals surface area contributed by atoms with E-state index < -0.39 is 17.4 Å². The van der Waals surface area contributed by atoms with E-state index in [1.54, 1.807) is 0 Å². The molecule has 5 heteroatoms. The summed E-state index contributed by atoms with van der Waals surface area (Å²) in [6.07, 6.45) is 0. The van der Waals surface area contributed by atoms with Crippen LogP contribution in [0.1, 0.15) is 16.7 Å². The Bertz CT molecular complexity index is 144. The first kappa shape index (κ1) is 12.4. The van der Waals surface area contributed by atoms with Crippen molar-refractivity contribution in [2.75, 3.05) is 0 Å². The maximum absolute atomic E-state index is 10.1. The SMILES string of the molecule is CC(C)(C(=O)O)C(=O)O.[H-].[H-].[Mg+2]. The molecule has 2 N–H and O–H groups in total. The number of carbonyl (C=O) groups is 2. The van der Waals surface area contributed by atoms with Gasteiger partial charge in [0.25, 0.3) is 0 Å². The van der Waals surface area contributed by atoms with Gasteiger partial charge in [-0.25, -0.2) is 0 Å². The Morgan fingerprint density at radius 2 is 1.40 bits per heavy atom. The first-order chi connectivity index (χ1) is 3.89. The van der Waals surface area contributed by atoms with Crippen LogP contribution in [-0.4, -0.2) is 45.2 Å². The second-order valence-electron chi connectivity index (χ2n) is 2.24. The summed E-state index contributed by atoms with van der Waals surface area (Å²) >= 11 is 0. The second-order valence-corrected chi connectivity index (χ2v) is 2.24. The van der Waals surface area contributed by atoms with Crippen molar-refractivity contribution in [3.05, 3.63) is 0 Å². The molecule has 0 aromatic carbocycles. The summed E-state index contributed by atoms with van der Waals surface area (Å²) in [6, 6.07) is 0. The van der Waals surface area contributed by atoms with Crippen molar-refractivity contribution >= 4 is 35.0 Å². The normalized spacial score (nSPS) is 9.80. The minimum absolute atomic E-state index is 0. The molecule has 0 aromatic rings. The summed E-state index contributed by atoms with van der Waals surface area (Å²) in [5.74, 6) is -2.65. The third-order valence-corrected chi connectivity index (χ3v) is 1.07. The van der Waals surface area contributed by atoms with E-state index in [4.69, 9.17) is 10.2 Å². The number of carboxylic acids is 2. The third kappa shape index (κ3) is 2.53. The van der Waals surface area contributed by atoms with Crippen LogP contribution >= 0.6 is 0 Å². The van der Waals surface area contributed by atoms with Crippen LogP contribution < -0.4 is 0 Å². The van der Waals surface area contributed by atoms with Crippen molar-refractivity contribution in [2.45, 2.75) is 13.8 Å². The van der Waals surface area contributed by atoms with Gasteiger partial charge in [0.2, 0.25) is 0 Å². The largest absolute Gasteiger partial charge is 2.00 e. The molecule has 0 aliphatic carbocycles. The number of hydrogen-bond acceptors (Lipinski definition) is 2. The average Bonchev–Trinajstić information content (AvgIpc) is 1.65. The smallest absolute Gasteiger partial charge is 1.00 e. The number of rotatable bonds is 2. The molecule has 4 nitrogen and oxygen atoms in total. The number of aliphatic carboxylic acids is 2. The Hall–Kier alpha value is -0.294. The monoisotopic (exact) mass is 158 g/mol. The van der Waals surface area contributed by atoms with Crippen LogP contribution in [0.3, 0.4) is 0 Å². The minimum Gasteiger partial charge on any atom is -1.00 e. The van der Waals surface area contributed by atoms with E-state index in [0.29, 0.717) is 0 Å². The molecule has 0 rings (SSSR count). The molecule has 10 heavy (non-hydrogen) atoms. The van der Waals surface area contributed by atoms with Gasteiger partial charge in [-0.3, -0.25) is 9.59 Å². The third-order valence-electron chi connectivity index (χ3n) is 1.07. The Balaban J connectivity index is -0.000000107. The van der Waals surface area contributed by atoms with Crippen molar-refractivity contribution in [1.29, 1.82) is 0 Å². The van der Waals surface area contributed by atoms with E-state index in [-0.39, 0.29) is 25.9 Å². The summed E-state index contributed by atoms with van der Waals surface area (Å²) in [6.45, 7) is 2.27. The van der Waals surface area contributed by atoms with Gasteiger partial charge in [0, 0.05) is 0 Å². The van der Waals surface area contributed by atoms with Crippen LogP contribution in [-0.2, 0) is 9.59 Å². The predicted molar refractivity (Wildman–Crippen MR) is 37.0 cm³/mol. The van der Waals surface area contributed by atoms with Crippen molar-refractivity contribution in [2.24, 2.45) is 5.41 Å². The summed E-state index contributed by atoms with van der Waals surface area (Å²) in [5, 5.41) is 16.5. The van der Waals surface area contributed by atoms with Crippen molar-refractivity contribution < 1.29 is 22.7 Å². The van der Waals surface area contributed by atoms with E-state index in [0.717, 1.165) is 13.8 Å². The fourth-order valence-corrected chi connectivity index (χ4v) is 0.0915. The zero-order valence-electron chi connectivity index (χ0n) is 7.92. The van der Waals surface area contributed by atoms with Crippen LogP contribution in [0.5, 0.6) is 0 Å². The van der Waals surface area contributed by atoms with Crippen LogP contribution in [0, 0.1) is 5.41 Å². The van der Waals surface area contributed by atoms with Gasteiger partial charge < -0.3 is 13.1 Å². The second kappa shape index (κ2) is 3.77. The van der Waals surface area contributed by atoms with Crippen LogP contribution in [0.25, 0.3) is 0 Å². The van der Waals surface area contributed by atoms with E-state index in [1.807, 2.05) is 0 Å². The molecule has 0 spiro atoms. The van der Waals surface area contributed by atoms with Crippen molar-refractivity contribution in [3.63, 3.8) is 0 Å². The molecule has 56 valence electrons. The van der Waals surface area contributed by atoms with Crippen LogP contribution in [0.2, 0.25) is 0 Å². The van der Waals surface area contributed by atoms with Gasteiger partial charge in [0.05, 0.1) is 0 Å². The fraction of sp³-hybridized carbons (Fsp3) is 0.600. The first-order valence-electron chi connectivity index (χ1n) is 2.36. The first-order valence-corrected chi connectivity index (χ1v) is 2.36. The minimum atomic E-state index is -1.67. The standard InChI is InChI=1S/C5H8O4.Mg.2H/c1-5(2,3(6)7)4(8)9;;;/h1-2H3,(H,6,7)(H,8,9);;;/q;+2;2*-1. The number of carboxylic acid groups (broad SMARTS) is 2.